The molecule has 3 heterocycles. The maximum absolute atomic E-state index is 12.3. The Hall–Kier alpha value is -2.02. The Morgan fingerprint density at radius 2 is 1.90 bits per heavy atom. The van der Waals surface area contributed by atoms with Crippen molar-refractivity contribution in [3.05, 3.63) is 17.6 Å². The minimum atomic E-state index is -0.0249. The van der Waals surface area contributed by atoms with Gasteiger partial charge in [-0.3, -0.25) is 9.59 Å². The molecule has 0 aliphatic carbocycles. The summed E-state index contributed by atoms with van der Waals surface area (Å²) in [6, 6.07) is 0.278. The van der Waals surface area contributed by atoms with Gasteiger partial charge in [-0.25, -0.2) is 9.97 Å². The lowest BCUT2D eigenvalue weighted by atomic mass is 9.92. The van der Waals surface area contributed by atoms with Crippen molar-refractivity contribution < 1.29 is 14.3 Å². The van der Waals surface area contributed by atoms with E-state index in [0.29, 0.717) is 29.6 Å². The molecule has 7 nitrogen and oxygen atoms in total. The van der Waals surface area contributed by atoms with Crippen LogP contribution in [0, 0.1) is 11.8 Å². The van der Waals surface area contributed by atoms with Crippen molar-refractivity contribution in [2.24, 2.45) is 11.8 Å². The molecule has 0 atom stereocenters. The number of piperidine rings is 1. The Bertz CT molecular complexity index is 708. The van der Waals surface area contributed by atoms with Gasteiger partial charge in [0.15, 0.2) is 5.78 Å². The molecule has 0 radical (unpaired) electrons. The lowest BCUT2D eigenvalue weighted by molar-refractivity contribution is -0.133. The molecule has 0 saturated carbocycles. The van der Waals surface area contributed by atoms with Crippen LogP contribution in [0.5, 0.6) is 0 Å². The Morgan fingerprint density at radius 1 is 1.21 bits per heavy atom. The summed E-state index contributed by atoms with van der Waals surface area (Å²) in [5, 5.41) is 3.44. The number of anilines is 1. The van der Waals surface area contributed by atoms with Crippen LogP contribution in [-0.2, 0) is 16.0 Å². The third-order valence-electron chi connectivity index (χ3n) is 5.80. The van der Waals surface area contributed by atoms with E-state index in [1.807, 2.05) is 4.90 Å². The van der Waals surface area contributed by atoms with E-state index in [1.165, 1.54) is 0 Å². The van der Waals surface area contributed by atoms with Crippen LogP contribution in [0.2, 0.25) is 0 Å². The van der Waals surface area contributed by atoms with Crippen molar-refractivity contribution in [3.63, 3.8) is 0 Å². The molecule has 1 aromatic heterocycles. The second-order valence-corrected chi connectivity index (χ2v) is 8.76. The number of carbonyl (C=O) groups excluding carboxylic acids is 2. The standard InChI is InChI=1S/C22H34N4O3/c1-15(2)12-21(28)26-8-4-17(5-9-26)13-20-23-14-19(16(3)27)22(25-20)24-18-6-10-29-11-7-18/h14-15,17-18H,4-13H2,1-3H3,(H,23,24,25). The maximum atomic E-state index is 12.3. The molecule has 1 N–H and O–H groups in total. The van der Waals surface area contributed by atoms with E-state index < -0.39 is 0 Å². The van der Waals surface area contributed by atoms with Gasteiger partial charge in [0.05, 0.1) is 5.56 Å². The smallest absolute Gasteiger partial charge is 0.222 e. The van der Waals surface area contributed by atoms with Crippen LogP contribution < -0.4 is 5.32 Å². The minimum absolute atomic E-state index is 0.0249. The largest absolute Gasteiger partial charge is 0.381 e. The van der Waals surface area contributed by atoms with Gasteiger partial charge in [-0.2, -0.15) is 0 Å². The van der Waals surface area contributed by atoms with Crippen LogP contribution in [-0.4, -0.2) is 58.9 Å². The minimum Gasteiger partial charge on any atom is -0.381 e. The first kappa shape index (κ1) is 21.7. The fourth-order valence-electron chi connectivity index (χ4n) is 4.04. The summed E-state index contributed by atoms with van der Waals surface area (Å²) in [6.07, 6.45) is 6.86. The van der Waals surface area contributed by atoms with Crippen molar-refractivity contribution >= 4 is 17.5 Å². The van der Waals surface area contributed by atoms with Gasteiger partial charge in [-0.15, -0.1) is 0 Å². The molecule has 2 aliphatic rings. The van der Waals surface area contributed by atoms with Gasteiger partial charge < -0.3 is 15.0 Å². The van der Waals surface area contributed by atoms with Gasteiger partial charge in [0.2, 0.25) is 5.91 Å². The van der Waals surface area contributed by atoms with Gasteiger partial charge in [-0.05, 0) is 44.4 Å². The molecule has 0 unspecified atom stereocenters. The summed E-state index contributed by atoms with van der Waals surface area (Å²) in [6.45, 7) is 8.82. The van der Waals surface area contributed by atoms with Crippen molar-refractivity contribution in [1.29, 1.82) is 0 Å². The number of carbonyl (C=O) groups is 2. The molecule has 0 aromatic carbocycles. The summed E-state index contributed by atoms with van der Waals surface area (Å²) in [4.78, 5) is 35.4. The average molecular weight is 403 g/mol. The van der Waals surface area contributed by atoms with Crippen LogP contribution in [0.4, 0.5) is 5.82 Å². The number of likely N-dealkylation sites (tertiary alicyclic amines) is 1. The highest BCUT2D eigenvalue weighted by atomic mass is 16.5. The Balaban J connectivity index is 1.60. The van der Waals surface area contributed by atoms with Crippen molar-refractivity contribution in [2.45, 2.75) is 65.3 Å². The van der Waals surface area contributed by atoms with E-state index in [1.54, 1.807) is 13.1 Å². The molecule has 2 saturated heterocycles. The van der Waals surface area contributed by atoms with Crippen molar-refractivity contribution in [1.82, 2.24) is 14.9 Å². The lowest BCUT2D eigenvalue weighted by Gasteiger charge is -2.32. The zero-order chi connectivity index (χ0) is 20.8. The molecular formula is C22H34N4O3. The Labute approximate surface area is 173 Å². The number of hydrogen-bond donors (Lipinski definition) is 1. The van der Waals surface area contributed by atoms with Gasteiger partial charge in [0.25, 0.3) is 0 Å². The third kappa shape index (κ3) is 6.23. The summed E-state index contributed by atoms with van der Waals surface area (Å²) in [5.41, 5.74) is 0.550. The van der Waals surface area contributed by atoms with Crippen molar-refractivity contribution in [3.8, 4) is 0 Å². The normalized spacial score (nSPS) is 18.8. The van der Waals surface area contributed by atoms with E-state index in [4.69, 9.17) is 9.72 Å². The van der Waals surface area contributed by atoms with Crippen LogP contribution >= 0.6 is 0 Å². The Morgan fingerprint density at radius 3 is 2.52 bits per heavy atom. The maximum Gasteiger partial charge on any atom is 0.222 e. The molecule has 2 aliphatic heterocycles. The number of nitrogens with zero attached hydrogens (tertiary/aromatic N) is 3. The predicted molar refractivity (Wildman–Crippen MR) is 112 cm³/mol. The molecule has 1 amide bonds. The van der Waals surface area contributed by atoms with Gasteiger partial charge in [0, 0.05) is 51.4 Å². The molecular weight excluding hydrogens is 368 g/mol. The van der Waals surface area contributed by atoms with E-state index in [2.05, 4.69) is 24.1 Å². The number of ether oxygens (including phenoxy) is 1. The number of hydrogen-bond acceptors (Lipinski definition) is 6. The zero-order valence-electron chi connectivity index (χ0n) is 17.9. The lowest BCUT2D eigenvalue weighted by Crippen LogP contribution is -2.39. The second-order valence-electron chi connectivity index (χ2n) is 8.76. The monoisotopic (exact) mass is 402 g/mol. The molecule has 7 heteroatoms. The van der Waals surface area contributed by atoms with Crippen LogP contribution in [0.15, 0.2) is 6.20 Å². The van der Waals surface area contributed by atoms with Crippen LogP contribution in [0.1, 0.15) is 69.1 Å². The number of Topliss-reactive ketones (excluding diaryl/α,β-unsaturated/α-hetero) is 1. The first-order chi connectivity index (χ1) is 13.9. The second kappa shape index (κ2) is 10.1. The predicted octanol–water partition coefficient (Wildman–Crippen LogP) is 3.10. The average Bonchev–Trinajstić information content (AvgIpc) is 2.69. The van der Waals surface area contributed by atoms with E-state index in [9.17, 15) is 9.59 Å². The highest BCUT2D eigenvalue weighted by Crippen LogP contribution is 2.24. The van der Waals surface area contributed by atoms with E-state index >= 15 is 0 Å². The molecule has 3 rings (SSSR count). The summed E-state index contributed by atoms with van der Waals surface area (Å²) in [7, 11) is 0. The summed E-state index contributed by atoms with van der Waals surface area (Å²) >= 11 is 0. The fraction of sp³-hybridized carbons (Fsp3) is 0.727. The third-order valence-corrected chi connectivity index (χ3v) is 5.80. The van der Waals surface area contributed by atoms with Gasteiger partial charge >= 0.3 is 0 Å². The molecule has 160 valence electrons. The van der Waals surface area contributed by atoms with Crippen molar-refractivity contribution in [2.75, 3.05) is 31.6 Å². The summed E-state index contributed by atoms with van der Waals surface area (Å²) < 4.78 is 5.42. The van der Waals surface area contributed by atoms with E-state index in [-0.39, 0.29) is 17.7 Å². The van der Waals surface area contributed by atoms with Gasteiger partial charge in [-0.1, -0.05) is 13.8 Å². The molecule has 1 aromatic rings. The number of nitrogens with one attached hydrogen (secondary N) is 1. The molecule has 2 fully saturated rings. The van der Waals surface area contributed by atoms with Crippen LogP contribution in [0.25, 0.3) is 0 Å². The van der Waals surface area contributed by atoms with Gasteiger partial charge in [0.1, 0.15) is 11.6 Å². The first-order valence-corrected chi connectivity index (χ1v) is 10.9. The Kier molecular flexibility index (Phi) is 7.58. The first-order valence-electron chi connectivity index (χ1n) is 10.9. The number of rotatable bonds is 7. The van der Waals surface area contributed by atoms with Crippen LogP contribution in [0.3, 0.4) is 0 Å². The highest BCUT2D eigenvalue weighted by Gasteiger charge is 2.25. The highest BCUT2D eigenvalue weighted by molar-refractivity contribution is 5.98. The topological polar surface area (TPSA) is 84.4 Å². The fourth-order valence-corrected chi connectivity index (χ4v) is 4.04. The molecule has 0 spiro atoms. The number of amides is 1. The number of ketones is 1. The zero-order valence-corrected chi connectivity index (χ0v) is 17.9. The quantitative estimate of drug-likeness (QED) is 0.706. The SMILES string of the molecule is CC(=O)c1cnc(CC2CCN(C(=O)CC(C)C)CC2)nc1NC1CCOCC1. The molecule has 29 heavy (non-hydrogen) atoms. The van der Waals surface area contributed by atoms with E-state index in [0.717, 1.165) is 64.2 Å². The molecule has 0 bridgehead atoms. The number of aromatic nitrogens is 2. The summed E-state index contributed by atoms with van der Waals surface area (Å²) in [5.74, 6) is 2.54.